The van der Waals surface area contributed by atoms with Gasteiger partial charge in [0.15, 0.2) is 5.92 Å². The summed E-state index contributed by atoms with van der Waals surface area (Å²) in [5.74, 6) is 1.00. The van der Waals surface area contributed by atoms with Crippen LogP contribution in [0.3, 0.4) is 0 Å². The van der Waals surface area contributed by atoms with E-state index in [1.807, 2.05) is 0 Å². The minimum Gasteiger partial charge on any atom is -0.271 e. The Morgan fingerprint density at radius 1 is 1.00 bits per heavy atom. The standard InChI is InChI=1S/C8H14F6N2/c1-4(2)3-5(16-15)6(7(9,10)11)8(12,13)14/h4-6,16H,3,15H2,1-2H3. The molecule has 1 unspecified atom stereocenters. The van der Waals surface area contributed by atoms with Crippen molar-refractivity contribution < 1.29 is 26.3 Å². The quantitative estimate of drug-likeness (QED) is 0.458. The fourth-order valence-electron chi connectivity index (χ4n) is 1.45. The number of hydrazine groups is 1. The molecule has 0 aromatic rings. The Morgan fingerprint density at radius 2 is 1.38 bits per heavy atom. The van der Waals surface area contributed by atoms with E-state index in [1.165, 1.54) is 13.8 Å². The maximum atomic E-state index is 12.3. The molecule has 0 aliphatic rings. The van der Waals surface area contributed by atoms with Gasteiger partial charge >= 0.3 is 12.4 Å². The van der Waals surface area contributed by atoms with Crippen LogP contribution in [-0.4, -0.2) is 18.4 Å². The largest absolute Gasteiger partial charge is 0.402 e. The van der Waals surface area contributed by atoms with Crippen molar-refractivity contribution in [2.75, 3.05) is 0 Å². The van der Waals surface area contributed by atoms with Crippen LogP contribution in [0.5, 0.6) is 0 Å². The number of hydrogen-bond acceptors (Lipinski definition) is 2. The lowest BCUT2D eigenvalue weighted by Crippen LogP contribution is -2.53. The van der Waals surface area contributed by atoms with Crippen LogP contribution in [0.1, 0.15) is 20.3 Å². The second kappa shape index (κ2) is 5.22. The average Bonchev–Trinajstić information content (AvgIpc) is 1.96. The Labute approximate surface area is 89.1 Å². The molecular weight excluding hydrogens is 238 g/mol. The summed E-state index contributed by atoms with van der Waals surface area (Å²) < 4.78 is 73.7. The molecule has 0 rings (SSSR count). The van der Waals surface area contributed by atoms with Crippen LogP contribution in [0.4, 0.5) is 26.3 Å². The van der Waals surface area contributed by atoms with Crippen LogP contribution in [0, 0.1) is 11.8 Å². The SMILES string of the molecule is CC(C)CC(NN)C(C(F)(F)F)C(F)(F)F. The van der Waals surface area contributed by atoms with Crippen LogP contribution in [0.15, 0.2) is 0 Å². The molecule has 0 radical (unpaired) electrons. The maximum Gasteiger partial charge on any atom is 0.402 e. The molecule has 0 aliphatic heterocycles. The van der Waals surface area contributed by atoms with Crippen LogP contribution < -0.4 is 11.3 Å². The summed E-state index contributed by atoms with van der Waals surface area (Å²) in [7, 11) is 0. The summed E-state index contributed by atoms with van der Waals surface area (Å²) in [6, 6.07) is -1.86. The smallest absolute Gasteiger partial charge is 0.271 e. The Morgan fingerprint density at radius 3 is 1.56 bits per heavy atom. The summed E-state index contributed by atoms with van der Waals surface area (Å²) in [6.45, 7) is 3.04. The van der Waals surface area contributed by atoms with E-state index in [1.54, 1.807) is 5.43 Å². The zero-order valence-electron chi connectivity index (χ0n) is 8.78. The number of hydrogen-bond donors (Lipinski definition) is 2. The van der Waals surface area contributed by atoms with Gasteiger partial charge in [0.05, 0.1) is 0 Å². The number of nitrogens with two attached hydrogens (primary N) is 1. The van der Waals surface area contributed by atoms with Crippen molar-refractivity contribution in [3.63, 3.8) is 0 Å². The van der Waals surface area contributed by atoms with Gasteiger partial charge in [0, 0.05) is 6.04 Å². The van der Waals surface area contributed by atoms with Crippen molar-refractivity contribution in [2.24, 2.45) is 17.7 Å². The minimum absolute atomic E-state index is 0.305. The van der Waals surface area contributed by atoms with E-state index in [-0.39, 0.29) is 12.3 Å². The van der Waals surface area contributed by atoms with Gasteiger partial charge in [-0.3, -0.25) is 11.3 Å². The number of nitrogens with one attached hydrogen (secondary N) is 1. The van der Waals surface area contributed by atoms with Crippen molar-refractivity contribution in [3.8, 4) is 0 Å². The lowest BCUT2D eigenvalue weighted by Gasteiger charge is -2.31. The number of alkyl halides is 6. The monoisotopic (exact) mass is 252 g/mol. The lowest BCUT2D eigenvalue weighted by atomic mass is 9.91. The van der Waals surface area contributed by atoms with E-state index in [0.29, 0.717) is 0 Å². The summed E-state index contributed by atoms with van der Waals surface area (Å²) in [4.78, 5) is 0. The second-order valence-electron chi connectivity index (χ2n) is 3.96. The summed E-state index contributed by atoms with van der Waals surface area (Å²) in [6.07, 6.45) is -11.0. The Kier molecular flexibility index (Phi) is 5.06. The van der Waals surface area contributed by atoms with Crippen LogP contribution in [0.25, 0.3) is 0 Å². The molecule has 3 N–H and O–H groups in total. The molecule has 2 nitrogen and oxygen atoms in total. The molecule has 0 aromatic carbocycles. The summed E-state index contributed by atoms with van der Waals surface area (Å²) in [5, 5.41) is 0. The molecule has 1 atom stereocenters. The van der Waals surface area contributed by atoms with Gasteiger partial charge in [0.1, 0.15) is 0 Å². The van der Waals surface area contributed by atoms with Crippen molar-refractivity contribution in [2.45, 2.75) is 38.7 Å². The molecule has 0 saturated carbocycles. The molecule has 98 valence electrons. The zero-order valence-corrected chi connectivity index (χ0v) is 8.78. The highest BCUT2D eigenvalue weighted by Gasteiger charge is 2.59. The maximum absolute atomic E-state index is 12.3. The van der Waals surface area contributed by atoms with E-state index >= 15 is 0 Å². The van der Waals surface area contributed by atoms with Gasteiger partial charge in [-0.15, -0.1) is 0 Å². The molecule has 0 aliphatic carbocycles. The second-order valence-corrected chi connectivity index (χ2v) is 3.96. The Hall–Kier alpha value is -0.500. The van der Waals surface area contributed by atoms with Crippen LogP contribution in [0.2, 0.25) is 0 Å². The highest BCUT2D eigenvalue weighted by atomic mass is 19.4. The summed E-state index contributed by atoms with van der Waals surface area (Å²) >= 11 is 0. The predicted molar refractivity (Wildman–Crippen MR) is 46.2 cm³/mol. The van der Waals surface area contributed by atoms with Gasteiger partial charge in [-0.05, 0) is 12.3 Å². The third-order valence-corrected chi connectivity index (χ3v) is 2.05. The van der Waals surface area contributed by atoms with Gasteiger partial charge in [-0.1, -0.05) is 13.8 Å². The minimum atomic E-state index is -5.36. The van der Waals surface area contributed by atoms with Gasteiger partial charge < -0.3 is 0 Å². The third-order valence-electron chi connectivity index (χ3n) is 2.05. The molecule has 0 fully saturated rings. The first-order valence-electron chi connectivity index (χ1n) is 4.59. The molecule has 8 heteroatoms. The zero-order chi connectivity index (χ0) is 13.1. The van der Waals surface area contributed by atoms with E-state index in [9.17, 15) is 26.3 Å². The van der Waals surface area contributed by atoms with Gasteiger partial charge in [-0.25, -0.2) is 0 Å². The first-order chi connectivity index (χ1) is 7.00. The Bertz CT molecular complexity index is 196. The fourth-order valence-corrected chi connectivity index (χ4v) is 1.45. The van der Waals surface area contributed by atoms with Crippen molar-refractivity contribution >= 4 is 0 Å². The Balaban J connectivity index is 5.01. The lowest BCUT2D eigenvalue weighted by molar-refractivity contribution is -0.292. The first kappa shape index (κ1) is 15.5. The van der Waals surface area contributed by atoms with Crippen LogP contribution in [-0.2, 0) is 0 Å². The van der Waals surface area contributed by atoms with Crippen LogP contribution >= 0.6 is 0 Å². The molecule has 16 heavy (non-hydrogen) atoms. The highest BCUT2D eigenvalue weighted by Crippen LogP contribution is 2.42. The fraction of sp³-hybridized carbons (Fsp3) is 1.00. The first-order valence-corrected chi connectivity index (χ1v) is 4.59. The van der Waals surface area contributed by atoms with Gasteiger partial charge in [-0.2, -0.15) is 26.3 Å². The molecule has 0 bridgehead atoms. The van der Waals surface area contributed by atoms with Crippen molar-refractivity contribution in [1.82, 2.24) is 5.43 Å². The third kappa shape index (κ3) is 4.56. The molecule has 0 aromatic heterocycles. The van der Waals surface area contributed by atoms with E-state index in [4.69, 9.17) is 5.84 Å². The average molecular weight is 252 g/mol. The normalized spacial score (nSPS) is 15.9. The number of halogens is 6. The summed E-state index contributed by atoms with van der Waals surface area (Å²) in [5.41, 5.74) is 1.61. The van der Waals surface area contributed by atoms with Crippen molar-refractivity contribution in [3.05, 3.63) is 0 Å². The van der Waals surface area contributed by atoms with E-state index < -0.39 is 24.3 Å². The topological polar surface area (TPSA) is 38.0 Å². The molecule has 0 heterocycles. The highest BCUT2D eigenvalue weighted by molar-refractivity contribution is 4.86. The van der Waals surface area contributed by atoms with E-state index in [0.717, 1.165) is 0 Å². The predicted octanol–water partition coefficient (Wildman–Crippen LogP) is 2.61. The van der Waals surface area contributed by atoms with Gasteiger partial charge in [0.2, 0.25) is 0 Å². The molecule has 0 amide bonds. The molecule has 0 saturated heterocycles. The molecule has 0 spiro atoms. The molecular formula is C8H14F6N2. The van der Waals surface area contributed by atoms with Gasteiger partial charge in [0.25, 0.3) is 0 Å². The van der Waals surface area contributed by atoms with E-state index in [2.05, 4.69) is 0 Å². The number of rotatable bonds is 4. The van der Waals surface area contributed by atoms with Crippen molar-refractivity contribution in [1.29, 1.82) is 0 Å².